The molecule has 0 fully saturated rings. The van der Waals surface area contributed by atoms with Crippen molar-refractivity contribution < 1.29 is 19.2 Å². The first kappa shape index (κ1) is 23.9. The molecule has 8 heteroatoms. The fourth-order valence-corrected chi connectivity index (χ4v) is 2.84. The number of ether oxygens (including phenoxy) is 1. The summed E-state index contributed by atoms with van der Waals surface area (Å²) in [6.07, 6.45) is 2.59. The van der Waals surface area contributed by atoms with Crippen LogP contribution in [0.5, 0.6) is 5.75 Å². The van der Waals surface area contributed by atoms with Crippen molar-refractivity contribution in [2.75, 3.05) is 20.8 Å². The Morgan fingerprint density at radius 1 is 1.35 bits per heavy atom. The van der Waals surface area contributed by atoms with E-state index in [1.807, 2.05) is 31.2 Å². The van der Waals surface area contributed by atoms with Crippen LogP contribution >= 0.6 is 0 Å². The molecule has 2 aromatic rings. The Hall–Kier alpha value is -3.39. The van der Waals surface area contributed by atoms with E-state index in [2.05, 4.69) is 23.6 Å². The van der Waals surface area contributed by atoms with Gasteiger partial charge in [-0.3, -0.25) is 14.4 Å². The van der Waals surface area contributed by atoms with E-state index in [-0.39, 0.29) is 12.3 Å². The van der Waals surface area contributed by atoms with E-state index in [9.17, 15) is 9.59 Å². The van der Waals surface area contributed by atoms with Crippen LogP contribution in [0.1, 0.15) is 35.9 Å². The second-order valence-corrected chi connectivity index (χ2v) is 7.20. The van der Waals surface area contributed by atoms with Crippen LogP contribution in [0.3, 0.4) is 0 Å². The smallest absolute Gasteiger partial charge is 0.270 e. The molecule has 1 aromatic carbocycles. The van der Waals surface area contributed by atoms with Gasteiger partial charge in [-0.15, -0.1) is 13.2 Å². The molecule has 0 bridgehead atoms. The van der Waals surface area contributed by atoms with Crippen molar-refractivity contribution in [1.29, 1.82) is 0 Å². The van der Waals surface area contributed by atoms with Crippen LogP contribution in [0, 0.1) is 6.92 Å². The molecule has 2 rings (SSSR count). The number of benzene rings is 1. The normalized spacial score (nSPS) is 11.5. The summed E-state index contributed by atoms with van der Waals surface area (Å²) < 4.78 is 7.31. The predicted octanol–water partition coefficient (Wildman–Crippen LogP) is 3.22. The zero-order valence-corrected chi connectivity index (χ0v) is 18.6. The lowest BCUT2D eigenvalue weighted by Gasteiger charge is -2.22. The molecule has 31 heavy (non-hydrogen) atoms. The summed E-state index contributed by atoms with van der Waals surface area (Å²) >= 11 is 0. The number of carbonyl (C=O) groups is 2. The Labute approximate surface area is 183 Å². The van der Waals surface area contributed by atoms with E-state index in [0.29, 0.717) is 29.4 Å². The number of nitrogens with one attached hydrogen (secondary N) is 1. The SMILES string of the molecule is C=CC[C@H](NC(=O)c1cc(C)nn1-c1cccc(OCCC(=C)C)c1)C(=O)N(C)OC. The summed E-state index contributed by atoms with van der Waals surface area (Å²) in [5, 5.41) is 8.27. The highest BCUT2D eigenvalue weighted by Crippen LogP contribution is 2.19. The molecule has 0 aliphatic carbocycles. The largest absolute Gasteiger partial charge is 0.493 e. The highest BCUT2D eigenvalue weighted by Gasteiger charge is 2.25. The fourth-order valence-electron chi connectivity index (χ4n) is 2.84. The highest BCUT2D eigenvalue weighted by atomic mass is 16.7. The first-order chi connectivity index (χ1) is 14.8. The van der Waals surface area contributed by atoms with Gasteiger partial charge in [0.2, 0.25) is 0 Å². The number of carbonyl (C=O) groups excluding carboxylic acids is 2. The van der Waals surface area contributed by atoms with E-state index in [1.54, 1.807) is 19.1 Å². The second-order valence-electron chi connectivity index (χ2n) is 7.20. The van der Waals surface area contributed by atoms with Gasteiger partial charge in [-0.25, -0.2) is 9.75 Å². The zero-order chi connectivity index (χ0) is 23.0. The first-order valence-electron chi connectivity index (χ1n) is 9.94. The quantitative estimate of drug-likeness (QED) is 0.440. The number of rotatable bonds is 11. The van der Waals surface area contributed by atoms with Gasteiger partial charge in [0.1, 0.15) is 17.5 Å². The summed E-state index contributed by atoms with van der Waals surface area (Å²) in [5.74, 6) is -0.148. The third-order valence-electron chi connectivity index (χ3n) is 4.51. The maximum Gasteiger partial charge on any atom is 0.270 e. The first-order valence-corrected chi connectivity index (χ1v) is 9.94. The molecule has 0 saturated heterocycles. The topological polar surface area (TPSA) is 85.7 Å². The molecule has 2 amide bonds. The molecule has 0 aliphatic rings. The Bertz CT molecular complexity index is 951. The highest BCUT2D eigenvalue weighted by molar-refractivity contribution is 5.96. The number of hydrogen-bond acceptors (Lipinski definition) is 5. The molecule has 1 aromatic heterocycles. The maximum absolute atomic E-state index is 13.0. The van der Waals surface area contributed by atoms with Gasteiger partial charge in [-0.05, 0) is 38.5 Å². The molecule has 0 spiro atoms. The molecule has 0 unspecified atom stereocenters. The monoisotopic (exact) mass is 426 g/mol. The van der Waals surface area contributed by atoms with Gasteiger partial charge in [-0.1, -0.05) is 17.7 Å². The summed E-state index contributed by atoms with van der Waals surface area (Å²) in [4.78, 5) is 30.4. The zero-order valence-electron chi connectivity index (χ0n) is 18.6. The molecule has 1 N–H and O–H groups in total. The standard InChI is InChI=1S/C23H30N4O4/c1-7-9-20(23(29)26(5)30-6)24-22(28)21-14-17(4)25-27(21)18-10-8-11-19(15-18)31-13-12-16(2)3/h7-8,10-11,14-15,20H,1-2,9,12-13H2,3-6H3,(H,24,28)/t20-/m0/s1. The molecule has 8 nitrogen and oxygen atoms in total. The van der Waals surface area contributed by atoms with Gasteiger partial charge in [-0.2, -0.15) is 5.10 Å². The van der Waals surface area contributed by atoms with Crippen LogP contribution < -0.4 is 10.1 Å². The Balaban J connectivity index is 2.26. The lowest BCUT2D eigenvalue weighted by atomic mass is 10.1. The van der Waals surface area contributed by atoms with Crippen molar-refractivity contribution in [2.45, 2.75) is 32.7 Å². The van der Waals surface area contributed by atoms with E-state index in [1.165, 1.54) is 18.8 Å². The number of aryl methyl sites for hydroxylation is 1. The van der Waals surface area contributed by atoms with Gasteiger partial charge in [0.15, 0.2) is 0 Å². The molecule has 1 heterocycles. The summed E-state index contributed by atoms with van der Waals surface area (Å²) in [6.45, 7) is 11.8. The summed E-state index contributed by atoms with van der Waals surface area (Å²) in [6, 6.07) is 8.18. The minimum absolute atomic E-state index is 0.261. The molecule has 0 radical (unpaired) electrons. The minimum atomic E-state index is -0.810. The van der Waals surface area contributed by atoms with E-state index in [0.717, 1.165) is 17.1 Å². The van der Waals surface area contributed by atoms with Crippen molar-refractivity contribution in [1.82, 2.24) is 20.2 Å². The Morgan fingerprint density at radius 2 is 2.10 bits per heavy atom. The molecular formula is C23H30N4O4. The number of nitrogens with zero attached hydrogens (tertiary/aromatic N) is 3. The number of likely N-dealkylation sites (N-methyl/N-ethyl adjacent to an activating group) is 1. The Kier molecular flexibility index (Phi) is 8.57. The van der Waals surface area contributed by atoms with E-state index >= 15 is 0 Å². The molecule has 0 aliphatic heterocycles. The lowest BCUT2D eigenvalue weighted by Crippen LogP contribution is -2.47. The third-order valence-corrected chi connectivity index (χ3v) is 4.51. The number of aromatic nitrogens is 2. The van der Waals surface area contributed by atoms with Crippen molar-refractivity contribution in [2.24, 2.45) is 0 Å². The third kappa shape index (κ3) is 6.55. The predicted molar refractivity (Wildman–Crippen MR) is 119 cm³/mol. The molecule has 0 saturated carbocycles. The van der Waals surface area contributed by atoms with Crippen LogP contribution in [-0.2, 0) is 9.63 Å². The van der Waals surface area contributed by atoms with Gasteiger partial charge >= 0.3 is 0 Å². The van der Waals surface area contributed by atoms with Crippen molar-refractivity contribution in [3.05, 3.63) is 66.5 Å². The Morgan fingerprint density at radius 3 is 2.74 bits per heavy atom. The van der Waals surface area contributed by atoms with Crippen LogP contribution in [0.25, 0.3) is 5.69 Å². The number of amides is 2. The van der Waals surface area contributed by atoms with Crippen LogP contribution in [0.2, 0.25) is 0 Å². The fraction of sp³-hybridized carbons (Fsp3) is 0.348. The van der Waals surface area contributed by atoms with Gasteiger partial charge in [0, 0.05) is 19.5 Å². The average Bonchev–Trinajstić information content (AvgIpc) is 3.14. The van der Waals surface area contributed by atoms with Gasteiger partial charge in [0.25, 0.3) is 11.8 Å². The van der Waals surface area contributed by atoms with E-state index in [4.69, 9.17) is 9.57 Å². The molecule has 166 valence electrons. The van der Waals surface area contributed by atoms with Gasteiger partial charge < -0.3 is 10.1 Å². The number of hydrogen-bond donors (Lipinski definition) is 1. The van der Waals surface area contributed by atoms with Gasteiger partial charge in [0.05, 0.1) is 25.1 Å². The van der Waals surface area contributed by atoms with Crippen molar-refractivity contribution in [3.63, 3.8) is 0 Å². The lowest BCUT2D eigenvalue weighted by molar-refractivity contribution is -0.170. The van der Waals surface area contributed by atoms with Crippen LogP contribution in [0.4, 0.5) is 0 Å². The number of hydroxylamine groups is 2. The summed E-state index contributed by atoms with van der Waals surface area (Å²) in [7, 11) is 2.87. The average molecular weight is 427 g/mol. The van der Waals surface area contributed by atoms with Crippen LogP contribution in [0.15, 0.2) is 55.1 Å². The molecule has 1 atom stereocenters. The second kappa shape index (κ2) is 11.1. The maximum atomic E-state index is 13.0. The molecular weight excluding hydrogens is 396 g/mol. The van der Waals surface area contributed by atoms with Crippen molar-refractivity contribution in [3.8, 4) is 11.4 Å². The minimum Gasteiger partial charge on any atom is -0.493 e. The van der Waals surface area contributed by atoms with Crippen LogP contribution in [-0.4, -0.2) is 53.5 Å². The van der Waals surface area contributed by atoms with E-state index < -0.39 is 11.9 Å². The van der Waals surface area contributed by atoms with Crippen molar-refractivity contribution >= 4 is 11.8 Å². The summed E-state index contributed by atoms with van der Waals surface area (Å²) in [5.41, 5.74) is 2.69.